The summed E-state index contributed by atoms with van der Waals surface area (Å²) in [5.74, 6) is 0. The van der Waals surface area contributed by atoms with Crippen molar-refractivity contribution in [3.8, 4) is 0 Å². The fraction of sp³-hybridized carbons (Fsp3) is 0.143. The van der Waals surface area contributed by atoms with E-state index in [1.807, 2.05) is 91.0 Å². The van der Waals surface area contributed by atoms with Gasteiger partial charge in [0.05, 0.1) is 12.6 Å². The number of aliphatic hydroxyl groups excluding tert-OH is 1. The Labute approximate surface area is 142 Å². The highest BCUT2D eigenvalue weighted by Crippen LogP contribution is 2.28. The molecule has 122 valence electrons. The zero-order valence-corrected chi connectivity index (χ0v) is 13.4. The molecule has 0 heterocycles. The Morgan fingerprint density at radius 3 is 1.79 bits per heavy atom. The van der Waals surface area contributed by atoms with Crippen molar-refractivity contribution in [1.29, 1.82) is 0 Å². The summed E-state index contributed by atoms with van der Waals surface area (Å²) in [4.78, 5) is 5.67. The minimum atomic E-state index is -0.704. The Bertz CT molecular complexity index is 717. The quantitative estimate of drug-likeness (QED) is 0.642. The summed E-state index contributed by atoms with van der Waals surface area (Å²) in [6.07, 6.45) is -0.704. The van der Waals surface area contributed by atoms with Crippen LogP contribution in [0.15, 0.2) is 91.0 Å². The number of benzene rings is 3. The lowest BCUT2D eigenvalue weighted by Crippen LogP contribution is -2.27. The fourth-order valence-corrected chi connectivity index (χ4v) is 2.61. The van der Waals surface area contributed by atoms with Crippen molar-refractivity contribution in [1.82, 2.24) is 5.48 Å². The summed E-state index contributed by atoms with van der Waals surface area (Å²) in [7, 11) is 0. The molecule has 0 bridgehead atoms. The van der Waals surface area contributed by atoms with Crippen molar-refractivity contribution in [3.63, 3.8) is 0 Å². The maximum Gasteiger partial charge on any atom is 0.101 e. The number of hydrogen-bond donors (Lipinski definition) is 2. The van der Waals surface area contributed by atoms with Crippen molar-refractivity contribution >= 4 is 0 Å². The number of rotatable bonds is 7. The molecule has 3 nitrogen and oxygen atoms in total. The first kappa shape index (κ1) is 16.4. The van der Waals surface area contributed by atoms with Crippen LogP contribution in [-0.2, 0) is 11.4 Å². The van der Waals surface area contributed by atoms with Crippen molar-refractivity contribution in [2.45, 2.75) is 18.8 Å². The van der Waals surface area contributed by atoms with Gasteiger partial charge >= 0.3 is 0 Å². The molecule has 3 aromatic carbocycles. The maximum absolute atomic E-state index is 10.8. The highest BCUT2D eigenvalue weighted by Gasteiger charge is 2.22. The zero-order valence-electron chi connectivity index (χ0n) is 13.4. The second kappa shape index (κ2) is 8.41. The van der Waals surface area contributed by atoms with Crippen LogP contribution in [0.3, 0.4) is 0 Å². The van der Waals surface area contributed by atoms with Crippen LogP contribution < -0.4 is 5.48 Å². The molecule has 0 aliphatic carbocycles. The first-order valence-electron chi connectivity index (χ1n) is 8.04. The molecule has 3 heteroatoms. The molecule has 0 aliphatic heterocycles. The van der Waals surface area contributed by atoms with Gasteiger partial charge in [-0.1, -0.05) is 91.0 Å². The van der Waals surface area contributed by atoms with Gasteiger partial charge in [0.1, 0.15) is 6.10 Å². The minimum absolute atomic E-state index is 0.350. The van der Waals surface area contributed by atoms with Crippen molar-refractivity contribution in [2.75, 3.05) is 0 Å². The van der Waals surface area contributed by atoms with E-state index in [-0.39, 0.29) is 6.04 Å². The predicted octanol–water partition coefficient (Wildman–Crippen LogP) is 4.18. The Morgan fingerprint density at radius 1 is 0.708 bits per heavy atom. The molecule has 0 aromatic heterocycles. The van der Waals surface area contributed by atoms with E-state index in [2.05, 4.69) is 5.48 Å². The lowest BCUT2D eigenvalue weighted by atomic mass is 9.96. The van der Waals surface area contributed by atoms with E-state index in [1.165, 1.54) is 0 Å². The average molecular weight is 319 g/mol. The third-order valence-corrected chi connectivity index (χ3v) is 3.91. The van der Waals surface area contributed by atoms with Gasteiger partial charge in [0.15, 0.2) is 0 Å². The van der Waals surface area contributed by atoms with E-state index >= 15 is 0 Å². The van der Waals surface area contributed by atoms with Crippen molar-refractivity contribution < 1.29 is 9.94 Å². The molecule has 0 amide bonds. The van der Waals surface area contributed by atoms with E-state index in [0.717, 1.165) is 16.7 Å². The first-order chi connectivity index (χ1) is 11.8. The highest BCUT2D eigenvalue weighted by molar-refractivity contribution is 5.25. The fourth-order valence-electron chi connectivity index (χ4n) is 2.61. The molecule has 2 N–H and O–H groups in total. The van der Waals surface area contributed by atoms with Gasteiger partial charge in [-0.3, -0.25) is 4.84 Å². The minimum Gasteiger partial charge on any atom is -0.386 e. The van der Waals surface area contributed by atoms with Crippen LogP contribution in [0.4, 0.5) is 0 Å². The largest absolute Gasteiger partial charge is 0.386 e. The Morgan fingerprint density at radius 2 is 1.21 bits per heavy atom. The standard InChI is InChI=1S/C21H21NO2/c23-21(19-14-8-3-9-15-19)20(18-12-6-2-7-13-18)22-24-16-17-10-4-1-5-11-17/h1-15,20-23H,16H2/t20-,21-/m1/s1. The van der Waals surface area contributed by atoms with Crippen LogP contribution in [0.1, 0.15) is 28.8 Å². The van der Waals surface area contributed by atoms with E-state index in [1.54, 1.807) is 0 Å². The number of aliphatic hydroxyl groups is 1. The van der Waals surface area contributed by atoms with Crippen LogP contribution in [0.25, 0.3) is 0 Å². The number of hydroxylamine groups is 1. The van der Waals surface area contributed by atoms with Gasteiger partial charge in [0, 0.05) is 0 Å². The zero-order chi connectivity index (χ0) is 16.6. The molecular formula is C21H21NO2. The van der Waals surface area contributed by atoms with E-state index in [0.29, 0.717) is 6.61 Å². The summed E-state index contributed by atoms with van der Waals surface area (Å²) >= 11 is 0. The van der Waals surface area contributed by atoms with E-state index in [9.17, 15) is 5.11 Å². The van der Waals surface area contributed by atoms with Crippen molar-refractivity contribution in [2.24, 2.45) is 0 Å². The molecule has 0 saturated heterocycles. The monoisotopic (exact) mass is 319 g/mol. The molecule has 0 radical (unpaired) electrons. The van der Waals surface area contributed by atoms with Gasteiger partial charge in [0.2, 0.25) is 0 Å². The second-order valence-corrected chi connectivity index (χ2v) is 5.64. The predicted molar refractivity (Wildman–Crippen MR) is 95.0 cm³/mol. The van der Waals surface area contributed by atoms with Gasteiger partial charge in [-0.25, -0.2) is 0 Å². The SMILES string of the molecule is O[C@H](c1ccccc1)[C@H](NOCc1ccccc1)c1ccccc1. The molecule has 0 spiro atoms. The summed E-state index contributed by atoms with van der Waals surface area (Å²) in [5, 5.41) is 10.8. The number of nitrogens with one attached hydrogen (secondary N) is 1. The molecule has 0 saturated carbocycles. The third kappa shape index (κ3) is 4.30. The smallest absolute Gasteiger partial charge is 0.101 e. The maximum atomic E-state index is 10.8. The number of hydrogen-bond acceptors (Lipinski definition) is 3. The van der Waals surface area contributed by atoms with Crippen molar-refractivity contribution in [3.05, 3.63) is 108 Å². The summed E-state index contributed by atoms with van der Waals surface area (Å²) < 4.78 is 0. The summed E-state index contributed by atoms with van der Waals surface area (Å²) in [6, 6.07) is 29.0. The lowest BCUT2D eigenvalue weighted by molar-refractivity contribution is -0.0343. The molecule has 0 fully saturated rings. The van der Waals surface area contributed by atoms with Crippen LogP contribution in [0, 0.1) is 0 Å². The van der Waals surface area contributed by atoms with Gasteiger partial charge in [0.25, 0.3) is 0 Å². The van der Waals surface area contributed by atoms with Gasteiger partial charge in [-0.15, -0.1) is 0 Å². The molecule has 0 aliphatic rings. The Balaban J connectivity index is 1.73. The van der Waals surface area contributed by atoms with E-state index in [4.69, 9.17) is 4.84 Å². The topological polar surface area (TPSA) is 41.5 Å². The van der Waals surface area contributed by atoms with Crippen LogP contribution in [0.2, 0.25) is 0 Å². The van der Waals surface area contributed by atoms with E-state index < -0.39 is 6.10 Å². The lowest BCUT2D eigenvalue weighted by Gasteiger charge is -2.24. The second-order valence-electron chi connectivity index (χ2n) is 5.64. The van der Waals surface area contributed by atoms with Gasteiger partial charge in [-0.05, 0) is 16.7 Å². The normalized spacial score (nSPS) is 13.4. The van der Waals surface area contributed by atoms with Crippen LogP contribution in [-0.4, -0.2) is 5.11 Å². The molecule has 2 atom stereocenters. The first-order valence-corrected chi connectivity index (χ1v) is 8.04. The molecule has 24 heavy (non-hydrogen) atoms. The molecular weight excluding hydrogens is 298 g/mol. The molecule has 0 unspecified atom stereocenters. The Hall–Kier alpha value is -2.46. The van der Waals surface area contributed by atoms with Crippen LogP contribution >= 0.6 is 0 Å². The summed E-state index contributed by atoms with van der Waals surface area (Å²) in [6.45, 7) is 0.436. The summed E-state index contributed by atoms with van der Waals surface area (Å²) in [5.41, 5.74) is 5.93. The molecule has 3 rings (SSSR count). The van der Waals surface area contributed by atoms with Gasteiger partial charge < -0.3 is 5.11 Å². The third-order valence-electron chi connectivity index (χ3n) is 3.91. The van der Waals surface area contributed by atoms with Gasteiger partial charge in [-0.2, -0.15) is 5.48 Å². The Kier molecular flexibility index (Phi) is 5.75. The van der Waals surface area contributed by atoms with Crippen LogP contribution in [0.5, 0.6) is 0 Å². The molecule has 3 aromatic rings. The average Bonchev–Trinajstić information content (AvgIpc) is 2.67. The highest BCUT2D eigenvalue weighted by atomic mass is 16.6.